The minimum atomic E-state index is -0.338. The number of hydrogen-bond donors (Lipinski definition) is 1. The van der Waals surface area contributed by atoms with Crippen molar-refractivity contribution in [2.45, 2.75) is 53.5 Å². The number of carbonyl (C=O) groups is 2. The Balaban J connectivity index is 1.69. The average molecular weight is 440 g/mol. The van der Waals surface area contributed by atoms with Crippen molar-refractivity contribution in [3.05, 3.63) is 47.2 Å². The number of benzene rings is 1. The van der Waals surface area contributed by atoms with Gasteiger partial charge in [0.15, 0.2) is 0 Å². The Labute approximate surface area is 191 Å². The summed E-state index contributed by atoms with van der Waals surface area (Å²) in [7, 11) is 0. The molecular weight excluding hydrogens is 402 g/mol. The van der Waals surface area contributed by atoms with E-state index in [4.69, 9.17) is 4.74 Å². The van der Waals surface area contributed by atoms with Crippen LogP contribution in [0.3, 0.4) is 0 Å². The number of nitrogens with one attached hydrogen (secondary N) is 1. The van der Waals surface area contributed by atoms with Gasteiger partial charge in [-0.2, -0.15) is 0 Å². The summed E-state index contributed by atoms with van der Waals surface area (Å²) in [5.74, 6) is 0.389. The van der Waals surface area contributed by atoms with Crippen molar-refractivity contribution in [3.63, 3.8) is 0 Å². The van der Waals surface area contributed by atoms with Crippen LogP contribution >= 0.6 is 0 Å². The van der Waals surface area contributed by atoms with Gasteiger partial charge in [0.25, 0.3) is 0 Å². The number of piperidine rings is 1. The minimum Gasteiger partial charge on any atom is -0.462 e. The zero-order valence-electron chi connectivity index (χ0n) is 19.9. The van der Waals surface area contributed by atoms with Gasteiger partial charge in [0.2, 0.25) is 5.91 Å². The van der Waals surface area contributed by atoms with Crippen LogP contribution in [0.2, 0.25) is 0 Å². The third-order valence-corrected chi connectivity index (χ3v) is 6.31. The first-order chi connectivity index (χ1) is 15.4. The third-order valence-electron chi connectivity index (χ3n) is 6.31. The van der Waals surface area contributed by atoms with Gasteiger partial charge in [-0.05, 0) is 70.2 Å². The number of esters is 1. The summed E-state index contributed by atoms with van der Waals surface area (Å²) in [4.78, 5) is 27.9. The molecule has 1 aromatic heterocycles. The van der Waals surface area contributed by atoms with E-state index in [-0.39, 0.29) is 18.4 Å². The topological polar surface area (TPSA) is 63.6 Å². The van der Waals surface area contributed by atoms with Gasteiger partial charge >= 0.3 is 5.97 Å². The first kappa shape index (κ1) is 24.1. The largest absolute Gasteiger partial charge is 0.462 e. The molecule has 1 N–H and O–H groups in total. The van der Waals surface area contributed by atoms with Crippen LogP contribution in [0.1, 0.15) is 54.7 Å². The van der Waals surface area contributed by atoms with Crippen LogP contribution < -0.4 is 5.32 Å². The monoisotopic (exact) mass is 439 g/mol. The lowest BCUT2D eigenvalue weighted by Crippen LogP contribution is -2.37. The van der Waals surface area contributed by atoms with Gasteiger partial charge in [0.1, 0.15) is 6.54 Å². The highest BCUT2D eigenvalue weighted by Gasteiger charge is 2.25. The maximum atomic E-state index is 12.8. The molecule has 1 amide bonds. The number of likely N-dealkylation sites (tertiary alicyclic amines) is 1. The summed E-state index contributed by atoms with van der Waals surface area (Å²) in [6.45, 7) is 12.4. The van der Waals surface area contributed by atoms with E-state index in [0.717, 1.165) is 54.5 Å². The Kier molecular flexibility index (Phi) is 8.51. The fraction of sp³-hybridized carbons (Fsp3) is 0.538. The van der Waals surface area contributed by atoms with E-state index < -0.39 is 0 Å². The highest BCUT2D eigenvalue weighted by molar-refractivity contribution is 5.95. The lowest BCUT2D eigenvalue weighted by molar-refractivity contribution is -0.121. The summed E-state index contributed by atoms with van der Waals surface area (Å²) in [6.07, 6.45) is 3.53. The second kappa shape index (κ2) is 11.3. The van der Waals surface area contributed by atoms with Gasteiger partial charge in [0.05, 0.1) is 17.9 Å². The van der Waals surface area contributed by atoms with Crippen molar-refractivity contribution in [1.82, 2.24) is 14.8 Å². The van der Waals surface area contributed by atoms with E-state index >= 15 is 0 Å². The molecule has 1 fully saturated rings. The van der Waals surface area contributed by atoms with Crippen LogP contribution in [0.4, 0.5) is 0 Å². The fourth-order valence-corrected chi connectivity index (χ4v) is 4.78. The van der Waals surface area contributed by atoms with Gasteiger partial charge in [-0.25, -0.2) is 4.79 Å². The number of nitrogens with zero attached hydrogens (tertiary/aromatic N) is 2. The van der Waals surface area contributed by atoms with Crippen molar-refractivity contribution in [2.24, 2.45) is 5.92 Å². The Morgan fingerprint density at radius 1 is 1.19 bits per heavy atom. The number of ether oxygens (including phenoxy) is 1. The average Bonchev–Trinajstić information content (AvgIpc) is 3.01. The lowest BCUT2D eigenvalue weighted by Gasteiger charge is -2.30. The molecule has 0 bridgehead atoms. The number of rotatable bonds is 9. The molecule has 174 valence electrons. The summed E-state index contributed by atoms with van der Waals surface area (Å²) in [6, 6.07) is 9.90. The van der Waals surface area contributed by atoms with E-state index in [0.29, 0.717) is 18.7 Å². The standard InChI is InChI=1S/C26H37N3O3/c1-5-32-26(31)24-20(3)25(22-12-7-6-8-13-22)29(21(24)4)18-23(30)27-14-10-16-28-15-9-11-19(2)17-28/h6-8,12-13,19H,5,9-11,14-18H2,1-4H3,(H,27,30). The molecule has 1 unspecified atom stereocenters. The molecule has 1 aromatic carbocycles. The molecule has 2 aromatic rings. The first-order valence-electron chi connectivity index (χ1n) is 11.8. The second-order valence-electron chi connectivity index (χ2n) is 8.86. The van der Waals surface area contributed by atoms with Gasteiger partial charge < -0.3 is 19.5 Å². The highest BCUT2D eigenvalue weighted by atomic mass is 16.5. The summed E-state index contributed by atoms with van der Waals surface area (Å²) in [5.41, 5.74) is 4.04. The SMILES string of the molecule is CCOC(=O)c1c(C)c(-c2ccccc2)n(CC(=O)NCCCN2CCCC(C)C2)c1C. The molecule has 6 nitrogen and oxygen atoms in total. The van der Waals surface area contributed by atoms with E-state index in [1.807, 2.05) is 48.7 Å². The minimum absolute atomic E-state index is 0.0392. The van der Waals surface area contributed by atoms with Gasteiger partial charge in [0, 0.05) is 18.8 Å². The number of aromatic nitrogens is 1. The smallest absolute Gasteiger partial charge is 0.340 e. The first-order valence-corrected chi connectivity index (χ1v) is 11.8. The normalized spacial score (nSPS) is 16.7. The molecule has 0 saturated carbocycles. The highest BCUT2D eigenvalue weighted by Crippen LogP contribution is 2.31. The predicted molar refractivity (Wildman–Crippen MR) is 128 cm³/mol. The molecule has 1 aliphatic rings. The van der Waals surface area contributed by atoms with Crippen LogP contribution in [-0.4, -0.2) is 54.1 Å². The second-order valence-corrected chi connectivity index (χ2v) is 8.86. The molecule has 6 heteroatoms. The Hall–Kier alpha value is -2.60. The summed E-state index contributed by atoms with van der Waals surface area (Å²) in [5, 5.41) is 3.07. The summed E-state index contributed by atoms with van der Waals surface area (Å²) < 4.78 is 7.23. The van der Waals surface area contributed by atoms with Crippen molar-refractivity contribution >= 4 is 11.9 Å². The predicted octanol–water partition coefficient (Wildman–Crippen LogP) is 4.19. The van der Waals surface area contributed by atoms with Crippen LogP contribution in [0.15, 0.2) is 30.3 Å². The molecule has 32 heavy (non-hydrogen) atoms. The molecule has 0 radical (unpaired) electrons. The van der Waals surface area contributed by atoms with Crippen molar-refractivity contribution in [2.75, 3.05) is 32.8 Å². The Bertz CT molecular complexity index is 920. The van der Waals surface area contributed by atoms with E-state index in [1.165, 1.54) is 12.8 Å². The summed E-state index contributed by atoms with van der Waals surface area (Å²) >= 11 is 0. The fourth-order valence-electron chi connectivity index (χ4n) is 4.78. The maximum Gasteiger partial charge on any atom is 0.340 e. The van der Waals surface area contributed by atoms with E-state index in [1.54, 1.807) is 6.92 Å². The van der Waals surface area contributed by atoms with Gasteiger partial charge in [-0.1, -0.05) is 37.3 Å². The third kappa shape index (κ3) is 5.80. The molecule has 1 atom stereocenters. The van der Waals surface area contributed by atoms with Crippen molar-refractivity contribution in [3.8, 4) is 11.3 Å². The molecule has 1 saturated heterocycles. The molecule has 1 aliphatic heterocycles. The molecule has 2 heterocycles. The Morgan fingerprint density at radius 3 is 2.62 bits per heavy atom. The lowest BCUT2D eigenvalue weighted by atomic mass is 10.0. The van der Waals surface area contributed by atoms with Crippen LogP contribution in [0.25, 0.3) is 11.3 Å². The molecule has 3 rings (SSSR count). The van der Waals surface area contributed by atoms with Crippen LogP contribution in [0, 0.1) is 19.8 Å². The van der Waals surface area contributed by atoms with E-state index in [9.17, 15) is 9.59 Å². The number of amides is 1. The quantitative estimate of drug-likeness (QED) is 0.470. The molecule has 0 spiro atoms. The molecule has 0 aliphatic carbocycles. The van der Waals surface area contributed by atoms with Crippen molar-refractivity contribution in [1.29, 1.82) is 0 Å². The number of hydrogen-bond acceptors (Lipinski definition) is 4. The number of carbonyl (C=O) groups excluding carboxylic acids is 2. The van der Waals surface area contributed by atoms with Gasteiger partial charge in [-0.3, -0.25) is 4.79 Å². The van der Waals surface area contributed by atoms with Crippen LogP contribution in [-0.2, 0) is 16.1 Å². The van der Waals surface area contributed by atoms with Crippen molar-refractivity contribution < 1.29 is 14.3 Å². The Morgan fingerprint density at radius 2 is 1.94 bits per heavy atom. The zero-order chi connectivity index (χ0) is 23.1. The van der Waals surface area contributed by atoms with Crippen LogP contribution in [0.5, 0.6) is 0 Å². The maximum absolute atomic E-state index is 12.8. The van der Waals surface area contributed by atoms with E-state index in [2.05, 4.69) is 17.1 Å². The van der Waals surface area contributed by atoms with Gasteiger partial charge in [-0.15, -0.1) is 0 Å². The molecular formula is C26H37N3O3. The zero-order valence-corrected chi connectivity index (χ0v) is 19.9.